The van der Waals surface area contributed by atoms with Crippen LogP contribution in [0.4, 0.5) is 0 Å². The Hall–Kier alpha value is -2.47. The molecular weight excluding hydrogens is 242 g/mol. The van der Waals surface area contributed by atoms with E-state index in [1.807, 2.05) is 31.4 Å². The molecule has 0 spiro atoms. The zero-order chi connectivity index (χ0) is 13.4. The molecule has 0 aliphatic rings. The fourth-order valence-electron chi connectivity index (χ4n) is 2.16. The van der Waals surface area contributed by atoms with Crippen LogP contribution in [0.2, 0.25) is 0 Å². The van der Waals surface area contributed by atoms with Crippen LogP contribution in [0.1, 0.15) is 5.69 Å². The van der Waals surface area contributed by atoms with Crippen molar-refractivity contribution in [1.29, 1.82) is 0 Å². The second-order valence-electron chi connectivity index (χ2n) is 4.41. The fourth-order valence-corrected chi connectivity index (χ4v) is 2.16. The number of fused-ring (bicyclic) bond motifs is 1. The van der Waals surface area contributed by atoms with Crippen molar-refractivity contribution in [2.75, 3.05) is 0 Å². The Labute approximate surface area is 108 Å². The van der Waals surface area contributed by atoms with E-state index in [-0.39, 0.29) is 5.56 Å². The number of aryl methyl sites for hydroxylation is 1. The molecule has 0 aliphatic heterocycles. The molecule has 0 amide bonds. The predicted molar refractivity (Wildman–Crippen MR) is 71.2 cm³/mol. The molecule has 6 heteroatoms. The first kappa shape index (κ1) is 11.6. The van der Waals surface area contributed by atoms with E-state index >= 15 is 0 Å². The Kier molecular flexibility index (Phi) is 2.64. The van der Waals surface area contributed by atoms with Gasteiger partial charge in [-0.15, -0.1) is 0 Å². The largest absolute Gasteiger partial charge is 0.352 e. The number of nitrogens with zero attached hydrogens (tertiary/aromatic N) is 3. The van der Waals surface area contributed by atoms with Crippen LogP contribution in [0.3, 0.4) is 0 Å². The number of aromatic nitrogens is 4. The van der Waals surface area contributed by atoms with E-state index in [0.717, 1.165) is 22.2 Å². The quantitative estimate of drug-likeness (QED) is 0.679. The number of aromatic amines is 1. The van der Waals surface area contributed by atoms with Gasteiger partial charge in [0.15, 0.2) is 0 Å². The van der Waals surface area contributed by atoms with Crippen molar-refractivity contribution in [2.24, 2.45) is 7.05 Å². The van der Waals surface area contributed by atoms with Gasteiger partial charge in [0, 0.05) is 24.2 Å². The van der Waals surface area contributed by atoms with E-state index < -0.39 is 0 Å². The Bertz CT molecular complexity index is 802. The van der Waals surface area contributed by atoms with E-state index in [1.54, 1.807) is 10.9 Å². The van der Waals surface area contributed by atoms with E-state index in [9.17, 15) is 4.79 Å². The third kappa shape index (κ3) is 1.92. The molecule has 0 saturated carbocycles. The Morgan fingerprint density at radius 1 is 1.32 bits per heavy atom. The second kappa shape index (κ2) is 4.33. The lowest BCUT2D eigenvalue weighted by molar-refractivity contribution is -0.387. The van der Waals surface area contributed by atoms with Crippen molar-refractivity contribution in [3.05, 3.63) is 46.6 Å². The molecule has 0 unspecified atom stereocenters. The van der Waals surface area contributed by atoms with Gasteiger partial charge >= 0.3 is 0 Å². The SMILES string of the molecule is Cn1cc(-c2ccc3c(=O)[nH]nc(C[NH3+])c3c2)cn1. The molecule has 0 bridgehead atoms. The summed E-state index contributed by atoms with van der Waals surface area (Å²) in [5, 5.41) is 12.2. The molecule has 96 valence electrons. The lowest BCUT2D eigenvalue weighted by Crippen LogP contribution is -2.48. The third-order valence-corrected chi connectivity index (χ3v) is 3.14. The van der Waals surface area contributed by atoms with Crippen molar-refractivity contribution in [3.63, 3.8) is 0 Å². The predicted octanol–water partition coefficient (Wildman–Crippen LogP) is 0.0655. The highest BCUT2D eigenvalue weighted by Gasteiger charge is 2.09. The van der Waals surface area contributed by atoms with E-state index in [2.05, 4.69) is 21.0 Å². The molecule has 0 atom stereocenters. The molecular formula is C13H14N5O+. The molecule has 0 radical (unpaired) electrons. The number of rotatable bonds is 2. The summed E-state index contributed by atoms with van der Waals surface area (Å²) in [6.45, 7) is 0.532. The van der Waals surface area contributed by atoms with Crippen LogP contribution in [0.25, 0.3) is 21.9 Å². The van der Waals surface area contributed by atoms with Gasteiger partial charge in [0.1, 0.15) is 12.2 Å². The van der Waals surface area contributed by atoms with Crippen LogP contribution in [0.15, 0.2) is 35.4 Å². The molecule has 2 heterocycles. The molecule has 6 nitrogen and oxygen atoms in total. The zero-order valence-corrected chi connectivity index (χ0v) is 10.6. The van der Waals surface area contributed by atoms with Crippen LogP contribution < -0.4 is 11.3 Å². The Balaban J connectivity index is 2.28. The van der Waals surface area contributed by atoms with Gasteiger partial charge in [-0.05, 0) is 17.7 Å². The first-order chi connectivity index (χ1) is 9.19. The molecule has 0 fully saturated rings. The molecule has 2 aromatic heterocycles. The average molecular weight is 256 g/mol. The number of H-pyrrole nitrogens is 1. The van der Waals surface area contributed by atoms with Crippen LogP contribution in [-0.2, 0) is 13.6 Å². The molecule has 0 saturated heterocycles. The monoisotopic (exact) mass is 256 g/mol. The number of hydrogen-bond donors (Lipinski definition) is 2. The number of benzene rings is 1. The third-order valence-electron chi connectivity index (χ3n) is 3.14. The smallest absolute Gasteiger partial charge is 0.272 e. The summed E-state index contributed by atoms with van der Waals surface area (Å²) in [7, 11) is 1.87. The highest BCUT2D eigenvalue weighted by atomic mass is 16.1. The van der Waals surface area contributed by atoms with Crippen LogP contribution in [0.5, 0.6) is 0 Å². The number of quaternary nitrogens is 1. The lowest BCUT2D eigenvalue weighted by atomic mass is 10.0. The van der Waals surface area contributed by atoms with Crippen LogP contribution in [-0.4, -0.2) is 20.0 Å². The molecule has 1 aromatic carbocycles. The van der Waals surface area contributed by atoms with Gasteiger partial charge < -0.3 is 5.73 Å². The Morgan fingerprint density at radius 3 is 2.84 bits per heavy atom. The summed E-state index contributed by atoms with van der Waals surface area (Å²) in [4.78, 5) is 11.7. The van der Waals surface area contributed by atoms with Gasteiger partial charge in [0.05, 0.1) is 11.6 Å². The summed E-state index contributed by atoms with van der Waals surface area (Å²) >= 11 is 0. The van der Waals surface area contributed by atoms with E-state index in [1.165, 1.54) is 0 Å². The van der Waals surface area contributed by atoms with Gasteiger partial charge in [-0.1, -0.05) is 6.07 Å². The van der Waals surface area contributed by atoms with Gasteiger partial charge in [-0.3, -0.25) is 9.48 Å². The minimum atomic E-state index is -0.176. The molecule has 0 aliphatic carbocycles. The summed E-state index contributed by atoms with van der Waals surface area (Å²) < 4.78 is 1.75. The van der Waals surface area contributed by atoms with Crippen LogP contribution >= 0.6 is 0 Å². The summed E-state index contributed by atoms with van der Waals surface area (Å²) in [5.74, 6) is 0. The minimum Gasteiger partial charge on any atom is -0.352 e. The topological polar surface area (TPSA) is 91.2 Å². The molecule has 19 heavy (non-hydrogen) atoms. The standard InChI is InChI=1S/C13H13N5O/c1-18-7-9(6-15-18)8-2-3-10-11(4-8)12(5-14)16-17-13(10)19/h2-4,6-7H,5,14H2,1H3,(H,17,19)/p+1. The van der Waals surface area contributed by atoms with Crippen molar-refractivity contribution >= 4 is 10.8 Å². The summed E-state index contributed by atoms with van der Waals surface area (Å²) in [6, 6.07) is 5.70. The summed E-state index contributed by atoms with van der Waals surface area (Å²) in [5.41, 5.74) is 6.49. The zero-order valence-electron chi connectivity index (χ0n) is 10.6. The first-order valence-electron chi connectivity index (χ1n) is 5.98. The van der Waals surface area contributed by atoms with Gasteiger partial charge in [-0.2, -0.15) is 10.2 Å². The maximum atomic E-state index is 11.7. The van der Waals surface area contributed by atoms with Gasteiger partial charge in [0.25, 0.3) is 5.56 Å². The van der Waals surface area contributed by atoms with E-state index in [0.29, 0.717) is 11.9 Å². The maximum Gasteiger partial charge on any atom is 0.272 e. The van der Waals surface area contributed by atoms with E-state index in [4.69, 9.17) is 0 Å². The van der Waals surface area contributed by atoms with Gasteiger partial charge in [0.2, 0.25) is 0 Å². The van der Waals surface area contributed by atoms with Crippen molar-refractivity contribution < 1.29 is 5.73 Å². The molecule has 4 N–H and O–H groups in total. The van der Waals surface area contributed by atoms with Crippen molar-refractivity contribution in [3.8, 4) is 11.1 Å². The van der Waals surface area contributed by atoms with Crippen molar-refractivity contribution in [1.82, 2.24) is 20.0 Å². The Morgan fingerprint density at radius 2 is 2.16 bits per heavy atom. The fraction of sp³-hybridized carbons (Fsp3) is 0.154. The average Bonchev–Trinajstić information content (AvgIpc) is 2.86. The molecule has 3 rings (SSSR count). The number of nitrogens with one attached hydrogen (secondary N) is 1. The summed E-state index contributed by atoms with van der Waals surface area (Å²) in [6.07, 6.45) is 3.73. The van der Waals surface area contributed by atoms with Crippen LogP contribution in [0, 0.1) is 0 Å². The highest BCUT2D eigenvalue weighted by Crippen LogP contribution is 2.23. The van der Waals surface area contributed by atoms with Gasteiger partial charge in [-0.25, -0.2) is 5.10 Å². The lowest BCUT2D eigenvalue weighted by Gasteiger charge is -2.03. The molecule has 3 aromatic rings. The first-order valence-corrected chi connectivity index (χ1v) is 5.98. The minimum absolute atomic E-state index is 0.176. The maximum absolute atomic E-state index is 11.7. The second-order valence-corrected chi connectivity index (χ2v) is 4.41. The normalized spacial score (nSPS) is 11.1. The highest BCUT2D eigenvalue weighted by molar-refractivity contribution is 5.88. The van der Waals surface area contributed by atoms with Crippen molar-refractivity contribution in [2.45, 2.75) is 6.54 Å². The number of hydrogen-bond acceptors (Lipinski definition) is 3.